The second-order valence-corrected chi connectivity index (χ2v) is 6.52. The molecular formula is C22H18O. The molecule has 1 nitrogen and oxygen atoms in total. The number of hydrogen-bond donors (Lipinski definition) is 0. The summed E-state index contributed by atoms with van der Waals surface area (Å²) in [4.78, 5) is 13.2. The topological polar surface area (TPSA) is 17.1 Å². The zero-order valence-electron chi connectivity index (χ0n) is 13.3. The van der Waals surface area contributed by atoms with Crippen LogP contribution >= 0.6 is 0 Å². The van der Waals surface area contributed by atoms with Crippen LogP contribution in [-0.2, 0) is 5.41 Å². The van der Waals surface area contributed by atoms with Crippen molar-refractivity contribution in [3.63, 3.8) is 0 Å². The van der Waals surface area contributed by atoms with Gasteiger partial charge in [-0.2, -0.15) is 0 Å². The molecule has 0 bridgehead atoms. The quantitative estimate of drug-likeness (QED) is 0.594. The molecule has 3 aromatic carbocycles. The summed E-state index contributed by atoms with van der Waals surface area (Å²) >= 11 is 0. The molecule has 23 heavy (non-hydrogen) atoms. The second-order valence-electron chi connectivity index (χ2n) is 6.52. The van der Waals surface area contributed by atoms with Crippen molar-refractivity contribution in [3.8, 4) is 0 Å². The van der Waals surface area contributed by atoms with E-state index in [1.807, 2.05) is 31.2 Å². The zero-order valence-corrected chi connectivity index (χ0v) is 13.3. The van der Waals surface area contributed by atoms with E-state index in [4.69, 9.17) is 0 Å². The van der Waals surface area contributed by atoms with Crippen LogP contribution in [0.3, 0.4) is 0 Å². The average Bonchev–Trinajstić information content (AvgIpc) is 2.58. The van der Waals surface area contributed by atoms with Crippen LogP contribution in [-0.4, -0.2) is 5.78 Å². The number of rotatable bonds is 1. The normalized spacial score (nSPS) is 19.8. The van der Waals surface area contributed by atoms with Crippen LogP contribution in [0.25, 0.3) is 16.8 Å². The van der Waals surface area contributed by atoms with Crippen molar-refractivity contribution in [2.75, 3.05) is 0 Å². The highest BCUT2D eigenvalue weighted by atomic mass is 16.1. The molecule has 1 aliphatic carbocycles. The lowest BCUT2D eigenvalue weighted by molar-refractivity contribution is 0.0925. The third kappa shape index (κ3) is 2.12. The first-order valence-corrected chi connectivity index (χ1v) is 7.92. The number of benzene rings is 3. The van der Waals surface area contributed by atoms with Crippen LogP contribution < -0.4 is 0 Å². The molecule has 0 spiro atoms. The summed E-state index contributed by atoms with van der Waals surface area (Å²) in [5.41, 5.74) is 3.48. The SMILES string of the molecule is Cc1ccc(C2(C)C=Cc3cc4ccccc4cc3C2=O)cc1. The fourth-order valence-electron chi connectivity index (χ4n) is 3.33. The first-order valence-electron chi connectivity index (χ1n) is 7.92. The van der Waals surface area contributed by atoms with E-state index in [1.54, 1.807) is 0 Å². The molecule has 1 atom stereocenters. The Morgan fingerprint density at radius 2 is 1.52 bits per heavy atom. The molecular weight excluding hydrogens is 280 g/mol. The summed E-state index contributed by atoms with van der Waals surface area (Å²) in [6.07, 6.45) is 4.13. The highest BCUT2D eigenvalue weighted by Gasteiger charge is 2.36. The molecule has 0 heterocycles. The van der Waals surface area contributed by atoms with Crippen LogP contribution in [0.5, 0.6) is 0 Å². The Hall–Kier alpha value is -2.67. The Balaban J connectivity index is 1.89. The van der Waals surface area contributed by atoms with E-state index in [9.17, 15) is 4.79 Å². The van der Waals surface area contributed by atoms with Crippen molar-refractivity contribution in [2.24, 2.45) is 0 Å². The molecule has 0 amide bonds. The van der Waals surface area contributed by atoms with Crippen molar-refractivity contribution in [1.29, 1.82) is 0 Å². The van der Waals surface area contributed by atoms with Crippen LogP contribution in [0, 0.1) is 6.92 Å². The summed E-state index contributed by atoms with van der Waals surface area (Å²) in [7, 11) is 0. The van der Waals surface area contributed by atoms with Gasteiger partial charge in [-0.1, -0.05) is 66.2 Å². The van der Waals surface area contributed by atoms with Gasteiger partial charge in [-0.05, 0) is 47.9 Å². The maximum Gasteiger partial charge on any atom is 0.177 e. The van der Waals surface area contributed by atoms with Crippen molar-refractivity contribution in [2.45, 2.75) is 19.3 Å². The molecule has 112 valence electrons. The summed E-state index contributed by atoms with van der Waals surface area (Å²) < 4.78 is 0. The summed E-state index contributed by atoms with van der Waals surface area (Å²) in [6.45, 7) is 4.07. The summed E-state index contributed by atoms with van der Waals surface area (Å²) in [5, 5.41) is 2.28. The zero-order chi connectivity index (χ0) is 16.0. The van der Waals surface area contributed by atoms with Gasteiger partial charge in [0, 0.05) is 5.56 Å². The maximum absolute atomic E-state index is 13.2. The number of Topliss-reactive ketones (excluding diaryl/α,β-unsaturated/α-hetero) is 1. The minimum Gasteiger partial charge on any atom is -0.293 e. The molecule has 0 fully saturated rings. The number of hydrogen-bond acceptors (Lipinski definition) is 1. The third-order valence-electron chi connectivity index (χ3n) is 4.88. The minimum atomic E-state index is -0.594. The van der Waals surface area contributed by atoms with Crippen molar-refractivity contribution in [1.82, 2.24) is 0 Å². The first-order chi connectivity index (χ1) is 11.1. The lowest BCUT2D eigenvalue weighted by atomic mass is 9.71. The lowest BCUT2D eigenvalue weighted by Crippen LogP contribution is -2.33. The molecule has 0 saturated carbocycles. The fraction of sp³-hybridized carbons (Fsp3) is 0.136. The van der Waals surface area contributed by atoms with Crippen molar-refractivity contribution < 1.29 is 4.79 Å². The van der Waals surface area contributed by atoms with Crippen LogP contribution in [0.15, 0.2) is 66.7 Å². The monoisotopic (exact) mass is 298 g/mol. The van der Waals surface area contributed by atoms with E-state index in [-0.39, 0.29) is 5.78 Å². The minimum absolute atomic E-state index is 0.171. The second kappa shape index (κ2) is 4.92. The van der Waals surface area contributed by atoms with E-state index in [0.29, 0.717) is 0 Å². The number of carbonyl (C=O) groups excluding carboxylic acids is 1. The van der Waals surface area contributed by atoms with Crippen LogP contribution in [0.1, 0.15) is 34.0 Å². The van der Waals surface area contributed by atoms with Gasteiger partial charge in [0.2, 0.25) is 0 Å². The predicted octanol–water partition coefficient (Wildman–Crippen LogP) is 5.32. The highest BCUT2D eigenvalue weighted by molar-refractivity contribution is 6.12. The van der Waals surface area contributed by atoms with Gasteiger partial charge in [0.1, 0.15) is 0 Å². The van der Waals surface area contributed by atoms with Gasteiger partial charge < -0.3 is 0 Å². The smallest absolute Gasteiger partial charge is 0.177 e. The Morgan fingerprint density at radius 3 is 2.22 bits per heavy atom. The molecule has 1 aliphatic rings. The van der Waals surface area contributed by atoms with E-state index in [2.05, 4.69) is 55.5 Å². The molecule has 0 radical (unpaired) electrons. The Morgan fingerprint density at radius 1 is 0.870 bits per heavy atom. The fourth-order valence-corrected chi connectivity index (χ4v) is 3.33. The average molecular weight is 298 g/mol. The molecule has 0 N–H and O–H groups in total. The number of ketones is 1. The number of aryl methyl sites for hydroxylation is 1. The standard InChI is InChI=1S/C22H18O/c1-15-7-9-19(10-8-15)22(2)12-11-18-13-16-5-3-4-6-17(16)14-20(18)21(22)23/h3-14H,1-2H3. The van der Waals surface area contributed by atoms with E-state index in [1.165, 1.54) is 10.9 Å². The Bertz CT molecular complexity index is 947. The molecule has 0 aliphatic heterocycles. The van der Waals surface area contributed by atoms with Gasteiger partial charge in [-0.3, -0.25) is 4.79 Å². The number of carbonyl (C=O) groups is 1. The predicted molar refractivity (Wildman–Crippen MR) is 95.8 cm³/mol. The molecule has 0 aromatic heterocycles. The van der Waals surface area contributed by atoms with Gasteiger partial charge in [0.25, 0.3) is 0 Å². The highest BCUT2D eigenvalue weighted by Crippen LogP contribution is 2.37. The Kier molecular flexibility index (Phi) is 2.99. The van der Waals surface area contributed by atoms with E-state index >= 15 is 0 Å². The third-order valence-corrected chi connectivity index (χ3v) is 4.88. The van der Waals surface area contributed by atoms with E-state index in [0.717, 1.165) is 22.1 Å². The number of allylic oxidation sites excluding steroid dienone is 1. The summed E-state index contributed by atoms with van der Waals surface area (Å²) in [5.74, 6) is 0.171. The molecule has 1 heteroatoms. The summed E-state index contributed by atoms with van der Waals surface area (Å²) in [6, 6.07) is 20.6. The van der Waals surface area contributed by atoms with Gasteiger partial charge in [0.05, 0.1) is 5.41 Å². The first kappa shape index (κ1) is 14.0. The Labute approximate surface area is 136 Å². The number of fused-ring (bicyclic) bond motifs is 2. The molecule has 1 unspecified atom stereocenters. The van der Waals surface area contributed by atoms with Crippen molar-refractivity contribution >= 4 is 22.6 Å². The van der Waals surface area contributed by atoms with Crippen LogP contribution in [0.2, 0.25) is 0 Å². The van der Waals surface area contributed by atoms with Crippen molar-refractivity contribution in [3.05, 3.63) is 89.0 Å². The van der Waals surface area contributed by atoms with Gasteiger partial charge in [-0.25, -0.2) is 0 Å². The lowest BCUT2D eigenvalue weighted by Gasteiger charge is -2.29. The molecule has 0 saturated heterocycles. The van der Waals surface area contributed by atoms with E-state index < -0.39 is 5.41 Å². The molecule has 3 aromatic rings. The van der Waals surface area contributed by atoms with Gasteiger partial charge in [-0.15, -0.1) is 0 Å². The van der Waals surface area contributed by atoms with Gasteiger partial charge >= 0.3 is 0 Å². The van der Waals surface area contributed by atoms with Crippen LogP contribution in [0.4, 0.5) is 0 Å². The van der Waals surface area contributed by atoms with Gasteiger partial charge in [0.15, 0.2) is 5.78 Å². The maximum atomic E-state index is 13.2. The molecule has 4 rings (SSSR count). The largest absolute Gasteiger partial charge is 0.293 e.